The molecule has 2 amide bonds. The van der Waals surface area contributed by atoms with Crippen LogP contribution >= 0.6 is 11.6 Å². The van der Waals surface area contributed by atoms with Crippen LogP contribution in [0.2, 0.25) is 5.02 Å². The number of carbonyl (C=O) groups is 1. The second-order valence-electron chi connectivity index (χ2n) is 5.82. The average molecular weight is 407 g/mol. The van der Waals surface area contributed by atoms with Crippen LogP contribution in [-0.2, 0) is 12.7 Å². The summed E-state index contributed by atoms with van der Waals surface area (Å²) in [6.45, 7) is 0.205. The number of amides is 2. The molecule has 28 heavy (non-hydrogen) atoms. The third-order valence-electron chi connectivity index (χ3n) is 3.83. The topological polar surface area (TPSA) is 66.9 Å². The number of urea groups is 1. The molecular formula is C19H14ClF3N4O. The highest BCUT2D eigenvalue weighted by Gasteiger charge is 2.33. The first-order valence-corrected chi connectivity index (χ1v) is 8.46. The Morgan fingerprint density at radius 3 is 2.32 bits per heavy atom. The fourth-order valence-corrected chi connectivity index (χ4v) is 2.67. The van der Waals surface area contributed by atoms with Crippen LogP contribution in [0.4, 0.5) is 23.7 Å². The maximum atomic E-state index is 12.9. The zero-order valence-electron chi connectivity index (χ0n) is 14.3. The molecular weight excluding hydrogens is 393 g/mol. The Balaban J connectivity index is 1.59. The predicted octanol–water partition coefficient (Wildman–Crippen LogP) is 5.14. The molecule has 3 aromatic rings. The number of hydrogen-bond donors (Lipinski definition) is 2. The van der Waals surface area contributed by atoms with Gasteiger partial charge in [-0.3, -0.25) is 0 Å². The molecule has 3 rings (SSSR count). The number of aromatic nitrogens is 2. The van der Waals surface area contributed by atoms with E-state index in [1.807, 2.05) is 24.3 Å². The van der Waals surface area contributed by atoms with Crippen LogP contribution in [0.3, 0.4) is 0 Å². The molecule has 1 aromatic heterocycles. The molecule has 0 saturated heterocycles. The van der Waals surface area contributed by atoms with E-state index in [4.69, 9.17) is 11.6 Å². The van der Waals surface area contributed by atoms with E-state index in [0.717, 1.165) is 28.8 Å². The van der Waals surface area contributed by atoms with E-state index in [9.17, 15) is 18.0 Å². The summed E-state index contributed by atoms with van der Waals surface area (Å²) in [5, 5.41) is 4.53. The molecule has 144 valence electrons. The van der Waals surface area contributed by atoms with E-state index in [1.165, 1.54) is 12.4 Å². The Morgan fingerprint density at radius 1 is 1.00 bits per heavy atom. The molecule has 5 nitrogen and oxygen atoms in total. The molecule has 0 bridgehead atoms. The number of hydrogen-bond acceptors (Lipinski definition) is 3. The number of rotatable bonds is 4. The van der Waals surface area contributed by atoms with Crippen molar-refractivity contribution in [2.45, 2.75) is 12.7 Å². The number of nitrogens with one attached hydrogen (secondary N) is 2. The first-order valence-electron chi connectivity index (χ1n) is 8.09. The monoisotopic (exact) mass is 406 g/mol. The van der Waals surface area contributed by atoms with Crippen LogP contribution in [0, 0.1) is 0 Å². The molecule has 0 aliphatic heterocycles. The minimum absolute atomic E-state index is 0.00588. The lowest BCUT2D eigenvalue weighted by atomic mass is 10.1. The number of nitrogens with zero attached hydrogens (tertiary/aromatic N) is 2. The molecule has 0 radical (unpaired) electrons. The Labute approximate surface area is 163 Å². The van der Waals surface area contributed by atoms with Crippen LogP contribution in [0.5, 0.6) is 0 Å². The first-order chi connectivity index (χ1) is 13.3. The van der Waals surface area contributed by atoms with Crippen molar-refractivity contribution in [2.75, 3.05) is 5.32 Å². The summed E-state index contributed by atoms with van der Waals surface area (Å²) in [5.74, 6) is 0. The van der Waals surface area contributed by atoms with Crippen LogP contribution in [0.15, 0.2) is 61.2 Å². The Kier molecular flexibility index (Phi) is 5.79. The van der Waals surface area contributed by atoms with E-state index in [0.29, 0.717) is 0 Å². The lowest BCUT2D eigenvalue weighted by Gasteiger charge is -2.12. The molecule has 2 aromatic carbocycles. The van der Waals surface area contributed by atoms with Crippen molar-refractivity contribution in [3.63, 3.8) is 0 Å². The summed E-state index contributed by atoms with van der Waals surface area (Å²) >= 11 is 5.56. The highest BCUT2D eigenvalue weighted by Crippen LogP contribution is 2.36. The Hall–Kier alpha value is -3.13. The van der Waals surface area contributed by atoms with Gasteiger partial charge in [-0.1, -0.05) is 35.9 Å². The number of benzene rings is 2. The van der Waals surface area contributed by atoms with Gasteiger partial charge in [0.15, 0.2) is 0 Å². The SMILES string of the molecule is O=C(NCc1ccc(-c2cncnc2)cc1)Nc1ccc(Cl)c(C(F)(F)F)c1. The lowest BCUT2D eigenvalue weighted by Crippen LogP contribution is -2.28. The Morgan fingerprint density at radius 2 is 1.68 bits per heavy atom. The van der Waals surface area contributed by atoms with Gasteiger partial charge in [0.1, 0.15) is 6.33 Å². The van der Waals surface area contributed by atoms with E-state index in [1.54, 1.807) is 12.4 Å². The normalized spacial score (nSPS) is 11.1. The molecule has 0 saturated carbocycles. The summed E-state index contributed by atoms with van der Waals surface area (Å²) in [4.78, 5) is 19.9. The van der Waals surface area contributed by atoms with Gasteiger partial charge in [0.05, 0.1) is 10.6 Å². The summed E-state index contributed by atoms with van der Waals surface area (Å²) in [6, 6.07) is 9.93. The van der Waals surface area contributed by atoms with Crippen molar-refractivity contribution in [2.24, 2.45) is 0 Å². The van der Waals surface area contributed by atoms with Gasteiger partial charge in [0, 0.05) is 30.2 Å². The fraction of sp³-hybridized carbons (Fsp3) is 0.105. The number of alkyl halides is 3. The predicted molar refractivity (Wildman–Crippen MR) is 99.8 cm³/mol. The third kappa shape index (κ3) is 4.98. The van der Waals surface area contributed by atoms with E-state index < -0.39 is 22.8 Å². The second-order valence-corrected chi connectivity index (χ2v) is 6.23. The smallest absolute Gasteiger partial charge is 0.334 e. The molecule has 0 atom stereocenters. The number of halogens is 4. The number of carbonyl (C=O) groups excluding carboxylic acids is 1. The zero-order chi connectivity index (χ0) is 20.1. The van der Waals surface area contributed by atoms with Gasteiger partial charge < -0.3 is 10.6 Å². The maximum absolute atomic E-state index is 12.9. The van der Waals surface area contributed by atoms with Gasteiger partial charge in [-0.25, -0.2) is 14.8 Å². The second kappa shape index (κ2) is 8.26. The lowest BCUT2D eigenvalue weighted by molar-refractivity contribution is -0.137. The van der Waals surface area contributed by atoms with Crippen molar-refractivity contribution in [3.8, 4) is 11.1 Å². The zero-order valence-corrected chi connectivity index (χ0v) is 15.1. The molecule has 0 unspecified atom stereocenters. The molecule has 9 heteroatoms. The van der Waals surface area contributed by atoms with Crippen molar-refractivity contribution in [3.05, 3.63) is 77.3 Å². The van der Waals surface area contributed by atoms with Gasteiger partial charge in [-0.05, 0) is 29.3 Å². The fourth-order valence-electron chi connectivity index (χ4n) is 2.44. The summed E-state index contributed by atoms with van der Waals surface area (Å²) in [6.07, 6.45) is 0.222. The highest BCUT2D eigenvalue weighted by molar-refractivity contribution is 6.31. The van der Waals surface area contributed by atoms with Crippen LogP contribution in [-0.4, -0.2) is 16.0 Å². The summed E-state index contributed by atoms with van der Waals surface area (Å²) < 4.78 is 38.6. The van der Waals surface area contributed by atoms with Gasteiger partial charge in [0.2, 0.25) is 0 Å². The Bertz CT molecular complexity index is 963. The largest absolute Gasteiger partial charge is 0.417 e. The van der Waals surface area contributed by atoms with Crippen molar-refractivity contribution in [1.82, 2.24) is 15.3 Å². The van der Waals surface area contributed by atoms with Crippen LogP contribution in [0.25, 0.3) is 11.1 Å². The van der Waals surface area contributed by atoms with E-state index in [2.05, 4.69) is 20.6 Å². The van der Waals surface area contributed by atoms with Gasteiger partial charge in [-0.2, -0.15) is 13.2 Å². The maximum Gasteiger partial charge on any atom is 0.417 e. The van der Waals surface area contributed by atoms with Crippen LogP contribution < -0.4 is 10.6 Å². The summed E-state index contributed by atoms with van der Waals surface area (Å²) in [7, 11) is 0. The van der Waals surface area contributed by atoms with Crippen molar-refractivity contribution >= 4 is 23.3 Å². The average Bonchev–Trinajstić information content (AvgIpc) is 2.68. The van der Waals surface area contributed by atoms with E-state index >= 15 is 0 Å². The minimum atomic E-state index is -4.60. The van der Waals surface area contributed by atoms with Crippen molar-refractivity contribution < 1.29 is 18.0 Å². The van der Waals surface area contributed by atoms with Crippen LogP contribution in [0.1, 0.15) is 11.1 Å². The van der Waals surface area contributed by atoms with Crippen molar-refractivity contribution in [1.29, 1.82) is 0 Å². The minimum Gasteiger partial charge on any atom is -0.334 e. The standard InChI is InChI=1S/C19H14ClF3N4O/c20-17-6-5-15(7-16(17)19(21,22)23)27-18(28)26-8-12-1-3-13(4-2-12)14-9-24-11-25-10-14/h1-7,9-11H,8H2,(H2,26,27,28). The molecule has 0 aliphatic rings. The number of anilines is 1. The van der Waals surface area contributed by atoms with Gasteiger partial charge in [-0.15, -0.1) is 0 Å². The summed E-state index contributed by atoms with van der Waals surface area (Å²) in [5.41, 5.74) is 1.60. The highest BCUT2D eigenvalue weighted by atomic mass is 35.5. The van der Waals surface area contributed by atoms with E-state index in [-0.39, 0.29) is 12.2 Å². The molecule has 1 heterocycles. The quantitative estimate of drug-likeness (QED) is 0.630. The molecule has 0 fully saturated rings. The molecule has 0 aliphatic carbocycles. The first kappa shape index (κ1) is 19.6. The molecule has 2 N–H and O–H groups in total. The van der Waals surface area contributed by atoms with Gasteiger partial charge >= 0.3 is 12.2 Å². The van der Waals surface area contributed by atoms with Gasteiger partial charge in [0.25, 0.3) is 0 Å². The third-order valence-corrected chi connectivity index (χ3v) is 4.16. The molecule has 0 spiro atoms.